The molecule has 0 bridgehead atoms. The summed E-state index contributed by atoms with van der Waals surface area (Å²) in [4.78, 5) is 39.8. The third-order valence-corrected chi connectivity index (χ3v) is 5.39. The molecule has 0 spiro atoms. The van der Waals surface area contributed by atoms with Gasteiger partial charge in [0, 0.05) is 24.7 Å². The fraction of sp³-hybridized carbons (Fsp3) is 0.250. The Morgan fingerprint density at radius 2 is 1.71 bits per heavy atom. The van der Waals surface area contributed by atoms with Crippen LogP contribution in [0.25, 0.3) is 11.3 Å². The molecule has 4 rings (SSSR count). The van der Waals surface area contributed by atoms with Gasteiger partial charge in [-0.1, -0.05) is 42.5 Å². The molecule has 158 valence electrons. The molecule has 2 amide bonds. The van der Waals surface area contributed by atoms with E-state index >= 15 is 0 Å². The summed E-state index contributed by atoms with van der Waals surface area (Å²) >= 11 is 0. The summed E-state index contributed by atoms with van der Waals surface area (Å²) in [6, 6.07) is 17.9. The van der Waals surface area contributed by atoms with Crippen molar-refractivity contribution < 1.29 is 9.59 Å². The summed E-state index contributed by atoms with van der Waals surface area (Å²) < 4.78 is 1.14. The highest BCUT2D eigenvalue weighted by Crippen LogP contribution is 2.24. The molecule has 1 saturated heterocycles. The lowest BCUT2D eigenvalue weighted by atomic mass is 10.1. The molecule has 3 aromatic rings. The van der Waals surface area contributed by atoms with Crippen LogP contribution in [0.15, 0.2) is 65.5 Å². The number of likely N-dealkylation sites (tertiary alicyclic amines) is 1. The van der Waals surface area contributed by atoms with Crippen LogP contribution in [-0.2, 0) is 11.3 Å². The van der Waals surface area contributed by atoms with Crippen molar-refractivity contribution >= 4 is 17.5 Å². The first-order valence-electron chi connectivity index (χ1n) is 10.4. The Labute approximate surface area is 180 Å². The fourth-order valence-electron chi connectivity index (χ4n) is 3.74. The maximum atomic E-state index is 12.9. The van der Waals surface area contributed by atoms with Gasteiger partial charge in [-0.3, -0.25) is 14.4 Å². The molecular weight excluding hydrogens is 392 g/mol. The Morgan fingerprint density at radius 3 is 2.45 bits per heavy atom. The van der Waals surface area contributed by atoms with E-state index in [1.54, 1.807) is 17.0 Å². The first kappa shape index (κ1) is 20.5. The van der Waals surface area contributed by atoms with Crippen molar-refractivity contribution in [1.29, 1.82) is 0 Å². The van der Waals surface area contributed by atoms with Gasteiger partial charge in [-0.2, -0.15) is 5.10 Å². The number of anilines is 1. The highest BCUT2D eigenvalue weighted by atomic mass is 16.2. The van der Waals surface area contributed by atoms with Gasteiger partial charge in [0.25, 0.3) is 11.5 Å². The normalized spacial score (nSPS) is 13.3. The number of hydrogen-bond donors (Lipinski definition) is 1. The molecule has 2 aromatic carbocycles. The first-order chi connectivity index (χ1) is 15.0. The van der Waals surface area contributed by atoms with Crippen LogP contribution in [0.2, 0.25) is 0 Å². The van der Waals surface area contributed by atoms with E-state index in [-0.39, 0.29) is 18.0 Å². The second-order valence-corrected chi connectivity index (χ2v) is 7.63. The number of para-hydroxylation sites is 1. The van der Waals surface area contributed by atoms with E-state index in [0.717, 1.165) is 41.7 Å². The Bertz CT molecular complexity index is 1160. The molecule has 1 aliphatic rings. The highest BCUT2D eigenvalue weighted by Gasteiger charge is 2.23. The van der Waals surface area contributed by atoms with Gasteiger partial charge in [-0.15, -0.1) is 0 Å². The number of aryl methyl sites for hydroxylation is 1. The van der Waals surface area contributed by atoms with E-state index in [4.69, 9.17) is 0 Å². The van der Waals surface area contributed by atoms with E-state index in [1.807, 2.05) is 49.4 Å². The Kier molecular flexibility index (Phi) is 5.93. The van der Waals surface area contributed by atoms with Crippen LogP contribution in [0.3, 0.4) is 0 Å². The summed E-state index contributed by atoms with van der Waals surface area (Å²) in [6.45, 7) is 3.06. The number of nitrogens with one attached hydrogen (secondary N) is 1. The lowest BCUT2D eigenvalue weighted by molar-refractivity contribution is -0.117. The van der Waals surface area contributed by atoms with Crippen molar-refractivity contribution in [2.45, 2.75) is 26.3 Å². The number of carbonyl (C=O) groups is 2. The van der Waals surface area contributed by atoms with E-state index in [2.05, 4.69) is 10.4 Å². The average molecular weight is 416 g/mol. The minimum absolute atomic E-state index is 0.0853. The second kappa shape index (κ2) is 8.95. The van der Waals surface area contributed by atoms with Crippen LogP contribution >= 0.6 is 0 Å². The van der Waals surface area contributed by atoms with E-state index < -0.39 is 5.91 Å². The van der Waals surface area contributed by atoms with Crippen LogP contribution in [0.1, 0.15) is 28.8 Å². The Morgan fingerprint density at radius 1 is 0.968 bits per heavy atom. The molecular formula is C24H24N4O3. The average Bonchev–Trinajstić information content (AvgIpc) is 3.32. The Hall–Kier alpha value is -3.74. The van der Waals surface area contributed by atoms with Gasteiger partial charge in [0.15, 0.2) is 0 Å². The number of amides is 2. The molecule has 0 saturated carbocycles. The molecule has 1 fully saturated rings. The molecule has 0 radical (unpaired) electrons. The van der Waals surface area contributed by atoms with Gasteiger partial charge in [0.1, 0.15) is 6.54 Å². The number of nitrogens with zero attached hydrogens (tertiary/aromatic N) is 3. The number of benzene rings is 2. The van der Waals surface area contributed by atoms with Crippen molar-refractivity contribution in [3.63, 3.8) is 0 Å². The van der Waals surface area contributed by atoms with Crippen molar-refractivity contribution in [3.05, 3.63) is 82.1 Å². The van der Waals surface area contributed by atoms with Crippen LogP contribution < -0.4 is 10.9 Å². The maximum absolute atomic E-state index is 12.9. The summed E-state index contributed by atoms with van der Waals surface area (Å²) in [7, 11) is 0. The van der Waals surface area contributed by atoms with Crippen molar-refractivity contribution in [2.75, 3.05) is 18.4 Å². The maximum Gasteiger partial charge on any atom is 0.267 e. The molecule has 7 heteroatoms. The molecule has 0 aliphatic carbocycles. The lowest BCUT2D eigenvalue weighted by Gasteiger charge is -2.19. The fourth-order valence-corrected chi connectivity index (χ4v) is 3.74. The van der Waals surface area contributed by atoms with E-state index in [9.17, 15) is 14.4 Å². The van der Waals surface area contributed by atoms with E-state index in [0.29, 0.717) is 16.9 Å². The predicted octanol–water partition coefficient (Wildman–Crippen LogP) is 3.09. The predicted molar refractivity (Wildman–Crippen MR) is 119 cm³/mol. The molecule has 7 nitrogen and oxygen atoms in total. The number of hydrogen-bond acceptors (Lipinski definition) is 4. The van der Waals surface area contributed by atoms with Crippen LogP contribution in [0, 0.1) is 6.92 Å². The molecule has 31 heavy (non-hydrogen) atoms. The standard InChI is InChI=1S/C24H24N4O3/c1-17-8-7-11-19(24(31)27-14-5-6-15-27)23(17)25-21(29)16-28-22(30)13-12-20(26-28)18-9-3-2-4-10-18/h2-4,7-13H,5-6,14-16H2,1H3,(H,25,29). The zero-order valence-corrected chi connectivity index (χ0v) is 17.4. The number of carbonyl (C=O) groups excluding carboxylic acids is 2. The van der Waals surface area contributed by atoms with Gasteiger partial charge >= 0.3 is 0 Å². The molecule has 2 heterocycles. The van der Waals surface area contributed by atoms with Gasteiger partial charge in [-0.05, 0) is 37.5 Å². The molecule has 1 N–H and O–H groups in total. The smallest absolute Gasteiger partial charge is 0.267 e. The van der Waals surface area contributed by atoms with Gasteiger partial charge in [0.2, 0.25) is 5.91 Å². The summed E-state index contributed by atoms with van der Waals surface area (Å²) in [5, 5.41) is 7.17. The highest BCUT2D eigenvalue weighted by molar-refractivity contribution is 6.04. The Balaban J connectivity index is 1.56. The first-order valence-corrected chi connectivity index (χ1v) is 10.4. The molecule has 1 aromatic heterocycles. The quantitative estimate of drug-likeness (QED) is 0.693. The largest absolute Gasteiger partial charge is 0.339 e. The van der Waals surface area contributed by atoms with Gasteiger partial charge in [0.05, 0.1) is 16.9 Å². The summed E-state index contributed by atoms with van der Waals surface area (Å²) in [6.07, 6.45) is 1.98. The van der Waals surface area contributed by atoms with Crippen LogP contribution in [0.5, 0.6) is 0 Å². The topological polar surface area (TPSA) is 84.3 Å². The summed E-state index contributed by atoms with van der Waals surface area (Å²) in [5.41, 5.74) is 2.83. The van der Waals surface area contributed by atoms with Crippen LogP contribution in [-0.4, -0.2) is 39.6 Å². The zero-order chi connectivity index (χ0) is 21.8. The number of aromatic nitrogens is 2. The molecule has 0 atom stereocenters. The summed E-state index contributed by atoms with van der Waals surface area (Å²) in [5.74, 6) is -0.498. The second-order valence-electron chi connectivity index (χ2n) is 7.63. The molecule has 1 aliphatic heterocycles. The monoisotopic (exact) mass is 416 g/mol. The SMILES string of the molecule is Cc1cccc(C(=O)N2CCCC2)c1NC(=O)Cn1nc(-c2ccccc2)ccc1=O. The van der Waals surface area contributed by atoms with Crippen molar-refractivity contribution in [1.82, 2.24) is 14.7 Å². The lowest BCUT2D eigenvalue weighted by Crippen LogP contribution is -2.31. The minimum atomic E-state index is -0.412. The van der Waals surface area contributed by atoms with Gasteiger partial charge < -0.3 is 10.2 Å². The third kappa shape index (κ3) is 4.55. The zero-order valence-electron chi connectivity index (χ0n) is 17.4. The molecule has 0 unspecified atom stereocenters. The third-order valence-electron chi connectivity index (χ3n) is 5.39. The minimum Gasteiger partial charge on any atom is -0.339 e. The van der Waals surface area contributed by atoms with E-state index in [1.165, 1.54) is 6.07 Å². The van der Waals surface area contributed by atoms with Gasteiger partial charge in [-0.25, -0.2) is 4.68 Å². The van der Waals surface area contributed by atoms with Crippen molar-refractivity contribution in [2.24, 2.45) is 0 Å². The van der Waals surface area contributed by atoms with Crippen LogP contribution in [0.4, 0.5) is 5.69 Å². The number of rotatable bonds is 5. The van der Waals surface area contributed by atoms with Crippen molar-refractivity contribution in [3.8, 4) is 11.3 Å².